The number of nitrogens with zero attached hydrogens (tertiary/aromatic N) is 2. The third-order valence-corrected chi connectivity index (χ3v) is 5.49. The monoisotopic (exact) mass is 313 g/mol. The van der Waals surface area contributed by atoms with E-state index in [2.05, 4.69) is 5.32 Å². The van der Waals surface area contributed by atoms with Gasteiger partial charge in [0.2, 0.25) is 5.91 Å². The number of hydrogen-bond donors (Lipinski definition) is 1. The van der Waals surface area contributed by atoms with Gasteiger partial charge in [0, 0.05) is 23.0 Å². The molecule has 1 amide bonds. The quantitative estimate of drug-likeness (QED) is 0.939. The second-order valence-electron chi connectivity index (χ2n) is 5.98. The van der Waals surface area contributed by atoms with Crippen LogP contribution in [0.3, 0.4) is 0 Å². The van der Waals surface area contributed by atoms with Crippen LogP contribution in [-0.2, 0) is 16.3 Å². The van der Waals surface area contributed by atoms with Gasteiger partial charge in [-0.1, -0.05) is 31.0 Å². The van der Waals surface area contributed by atoms with Crippen molar-refractivity contribution >= 4 is 23.5 Å². The number of thioether (sulfide) groups is 1. The molecule has 0 spiro atoms. The first kappa shape index (κ1) is 13.9. The van der Waals surface area contributed by atoms with E-state index < -0.39 is 0 Å². The Labute approximate surface area is 134 Å². The van der Waals surface area contributed by atoms with Gasteiger partial charge in [-0.3, -0.25) is 4.79 Å². The standard InChI is InChI=1S/C17H19N3OS/c21-17(12-6-4-5-7-12)18-16-14-10-22-11-15(14)19-20(16)13-8-2-1-3-9-13/h1-3,8-9,12H,4-7,10-11H2,(H,18,21). The predicted molar refractivity (Wildman–Crippen MR) is 89.2 cm³/mol. The molecule has 1 aliphatic carbocycles. The average molecular weight is 313 g/mol. The summed E-state index contributed by atoms with van der Waals surface area (Å²) >= 11 is 1.86. The highest BCUT2D eigenvalue weighted by atomic mass is 32.2. The molecule has 5 heteroatoms. The van der Waals surface area contributed by atoms with E-state index in [-0.39, 0.29) is 11.8 Å². The number of hydrogen-bond acceptors (Lipinski definition) is 3. The Morgan fingerprint density at radius 1 is 1.18 bits per heavy atom. The first-order valence-corrected chi connectivity index (χ1v) is 9.03. The zero-order valence-corrected chi connectivity index (χ0v) is 13.2. The van der Waals surface area contributed by atoms with Crippen LogP contribution in [0.2, 0.25) is 0 Å². The maximum Gasteiger partial charge on any atom is 0.228 e. The summed E-state index contributed by atoms with van der Waals surface area (Å²) in [5.74, 6) is 3.07. The minimum Gasteiger partial charge on any atom is -0.310 e. The molecule has 114 valence electrons. The van der Waals surface area contributed by atoms with Gasteiger partial charge in [0.15, 0.2) is 0 Å². The molecule has 0 bridgehead atoms. The topological polar surface area (TPSA) is 46.9 Å². The van der Waals surface area contributed by atoms with Crippen molar-refractivity contribution in [1.29, 1.82) is 0 Å². The van der Waals surface area contributed by atoms with Crippen molar-refractivity contribution in [2.75, 3.05) is 5.32 Å². The first-order chi connectivity index (χ1) is 10.8. The summed E-state index contributed by atoms with van der Waals surface area (Å²) in [5, 5.41) is 7.90. The third-order valence-electron chi connectivity index (χ3n) is 4.52. The molecule has 1 aromatic heterocycles. The molecule has 2 aromatic rings. The average Bonchev–Trinajstić information content (AvgIpc) is 3.26. The van der Waals surface area contributed by atoms with Gasteiger partial charge in [-0.15, -0.1) is 0 Å². The van der Waals surface area contributed by atoms with Crippen molar-refractivity contribution in [3.05, 3.63) is 41.6 Å². The summed E-state index contributed by atoms with van der Waals surface area (Å²) in [5.41, 5.74) is 3.30. The van der Waals surface area contributed by atoms with Gasteiger partial charge in [0.1, 0.15) is 5.82 Å². The van der Waals surface area contributed by atoms with Gasteiger partial charge in [0.25, 0.3) is 0 Å². The Kier molecular flexibility index (Phi) is 3.66. The van der Waals surface area contributed by atoms with E-state index >= 15 is 0 Å². The lowest BCUT2D eigenvalue weighted by atomic mass is 10.1. The Morgan fingerprint density at radius 3 is 2.73 bits per heavy atom. The molecule has 2 aliphatic rings. The van der Waals surface area contributed by atoms with E-state index in [9.17, 15) is 4.79 Å². The van der Waals surface area contributed by atoms with Gasteiger partial charge < -0.3 is 5.32 Å². The molecule has 4 nitrogen and oxygen atoms in total. The van der Waals surface area contributed by atoms with Crippen LogP contribution < -0.4 is 5.32 Å². The molecule has 0 atom stereocenters. The molecule has 0 radical (unpaired) electrons. The van der Waals surface area contributed by atoms with Crippen LogP contribution in [0.4, 0.5) is 5.82 Å². The van der Waals surface area contributed by atoms with Crippen molar-refractivity contribution in [3.63, 3.8) is 0 Å². The van der Waals surface area contributed by atoms with Crippen LogP contribution in [0.15, 0.2) is 30.3 Å². The second kappa shape index (κ2) is 5.80. The molecular formula is C17H19N3OS. The molecule has 4 rings (SSSR count). The Morgan fingerprint density at radius 2 is 1.95 bits per heavy atom. The number of fused-ring (bicyclic) bond motifs is 1. The van der Waals surface area contributed by atoms with E-state index in [0.717, 1.165) is 41.5 Å². The lowest BCUT2D eigenvalue weighted by molar-refractivity contribution is -0.119. The fourth-order valence-corrected chi connectivity index (χ4v) is 4.34. The molecule has 1 aliphatic heterocycles. The zero-order chi connectivity index (χ0) is 14.9. The number of nitrogens with one attached hydrogen (secondary N) is 1. The predicted octanol–water partition coefficient (Wildman–Crippen LogP) is 3.75. The minimum absolute atomic E-state index is 0.161. The van der Waals surface area contributed by atoms with Crippen LogP contribution >= 0.6 is 11.8 Å². The molecule has 0 saturated heterocycles. The Hall–Kier alpha value is -1.75. The number of carbonyl (C=O) groups excluding carboxylic acids is 1. The van der Waals surface area contributed by atoms with E-state index in [1.165, 1.54) is 18.4 Å². The number of benzene rings is 1. The summed E-state index contributed by atoms with van der Waals surface area (Å²) in [7, 11) is 0. The number of para-hydroxylation sites is 1. The molecule has 2 heterocycles. The summed E-state index contributed by atoms with van der Waals surface area (Å²) in [6.07, 6.45) is 4.37. The molecule has 22 heavy (non-hydrogen) atoms. The van der Waals surface area contributed by atoms with Crippen LogP contribution in [-0.4, -0.2) is 15.7 Å². The van der Waals surface area contributed by atoms with E-state index in [1.54, 1.807) is 0 Å². The molecule has 0 unspecified atom stereocenters. The normalized spacial score (nSPS) is 17.6. The van der Waals surface area contributed by atoms with Crippen molar-refractivity contribution < 1.29 is 4.79 Å². The smallest absolute Gasteiger partial charge is 0.228 e. The first-order valence-electron chi connectivity index (χ1n) is 7.88. The Bertz CT molecular complexity index is 689. The molecule has 1 fully saturated rings. The van der Waals surface area contributed by atoms with E-state index in [4.69, 9.17) is 5.10 Å². The van der Waals surface area contributed by atoms with Crippen LogP contribution in [0, 0.1) is 5.92 Å². The van der Waals surface area contributed by atoms with Crippen molar-refractivity contribution in [2.45, 2.75) is 37.2 Å². The van der Waals surface area contributed by atoms with E-state index in [0.29, 0.717) is 0 Å². The highest BCUT2D eigenvalue weighted by Gasteiger charge is 2.28. The number of rotatable bonds is 3. The second-order valence-corrected chi connectivity index (χ2v) is 6.97. The molecule has 1 N–H and O–H groups in total. The van der Waals surface area contributed by atoms with Gasteiger partial charge in [0.05, 0.1) is 11.4 Å². The van der Waals surface area contributed by atoms with Crippen molar-refractivity contribution in [2.24, 2.45) is 5.92 Å². The van der Waals surface area contributed by atoms with Gasteiger partial charge in [-0.05, 0) is 25.0 Å². The number of aromatic nitrogens is 2. The molecular weight excluding hydrogens is 294 g/mol. The molecule has 1 aromatic carbocycles. The van der Waals surface area contributed by atoms with Crippen LogP contribution in [0.25, 0.3) is 5.69 Å². The highest BCUT2D eigenvalue weighted by molar-refractivity contribution is 7.98. The van der Waals surface area contributed by atoms with E-state index in [1.807, 2.05) is 46.8 Å². The number of amides is 1. The minimum atomic E-state index is 0.161. The maximum atomic E-state index is 12.5. The SMILES string of the molecule is O=C(Nc1c2c(nn1-c1ccccc1)CSC2)C1CCCC1. The van der Waals surface area contributed by atoms with Crippen molar-refractivity contribution in [3.8, 4) is 5.69 Å². The van der Waals surface area contributed by atoms with Gasteiger partial charge >= 0.3 is 0 Å². The van der Waals surface area contributed by atoms with Crippen LogP contribution in [0.5, 0.6) is 0 Å². The summed E-state index contributed by atoms with van der Waals surface area (Å²) in [4.78, 5) is 12.5. The fourth-order valence-electron chi connectivity index (χ4n) is 3.30. The number of carbonyl (C=O) groups is 1. The highest BCUT2D eigenvalue weighted by Crippen LogP contribution is 2.36. The zero-order valence-electron chi connectivity index (χ0n) is 12.4. The van der Waals surface area contributed by atoms with Gasteiger partial charge in [-0.25, -0.2) is 4.68 Å². The van der Waals surface area contributed by atoms with Crippen molar-refractivity contribution in [1.82, 2.24) is 9.78 Å². The largest absolute Gasteiger partial charge is 0.310 e. The van der Waals surface area contributed by atoms with Crippen LogP contribution in [0.1, 0.15) is 36.9 Å². The summed E-state index contributed by atoms with van der Waals surface area (Å²) in [6, 6.07) is 10.0. The number of anilines is 1. The fraction of sp³-hybridized carbons (Fsp3) is 0.412. The third kappa shape index (κ3) is 2.43. The maximum absolute atomic E-state index is 12.5. The summed E-state index contributed by atoms with van der Waals surface area (Å²) in [6.45, 7) is 0. The Balaban J connectivity index is 1.69. The summed E-state index contributed by atoms with van der Waals surface area (Å²) < 4.78 is 1.90. The molecule has 1 saturated carbocycles. The lowest BCUT2D eigenvalue weighted by Crippen LogP contribution is -2.22. The lowest BCUT2D eigenvalue weighted by Gasteiger charge is -2.13. The van der Waals surface area contributed by atoms with Gasteiger partial charge in [-0.2, -0.15) is 16.9 Å².